The molecule has 0 aliphatic rings. The van der Waals surface area contributed by atoms with Gasteiger partial charge in [-0.3, -0.25) is 14.2 Å². The Morgan fingerprint density at radius 2 is 2.04 bits per heavy atom. The van der Waals surface area contributed by atoms with Gasteiger partial charge in [-0.2, -0.15) is 0 Å². The van der Waals surface area contributed by atoms with Crippen LogP contribution in [-0.4, -0.2) is 32.6 Å². The summed E-state index contributed by atoms with van der Waals surface area (Å²) in [5.41, 5.74) is 1.35. The minimum atomic E-state index is -1.05. The number of aliphatic carboxylic acids is 1. The van der Waals surface area contributed by atoms with Crippen molar-refractivity contribution in [2.75, 3.05) is 0 Å². The second-order valence-corrected chi connectivity index (χ2v) is 6.55. The fourth-order valence-electron chi connectivity index (χ4n) is 2.68. The number of amides is 1. The van der Waals surface area contributed by atoms with Crippen molar-refractivity contribution in [3.05, 3.63) is 40.4 Å². The van der Waals surface area contributed by atoms with Gasteiger partial charge in [0.25, 0.3) is 5.56 Å². The number of aryl methyl sites for hydroxylation is 2. The number of nitrogens with zero attached hydrogens (tertiary/aromatic N) is 2. The predicted molar refractivity (Wildman–Crippen MR) is 94.4 cm³/mol. The molecule has 0 aliphatic heterocycles. The van der Waals surface area contributed by atoms with E-state index in [0.29, 0.717) is 17.3 Å². The molecule has 1 amide bonds. The smallest absolute Gasteiger partial charge is 0.326 e. The van der Waals surface area contributed by atoms with Crippen molar-refractivity contribution < 1.29 is 14.7 Å². The molecule has 1 heterocycles. The Balaban J connectivity index is 2.07. The van der Waals surface area contributed by atoms with E-state index in [1.807, 2.05) is 26.8 Å². The Labute approximate surface area is 145 Å². The summed E-state index contributed by atoms with van der Waals surface area (Å²) in [5, 5.41) is 12.2. The maximum Gasteiger partial charge on any atom is 0.326 e. The molecule has 0 unspecified atom stereocenters. The Morgan fingerprint density at radius 1 is 1.32 bits per heavy atom. The van der Waals surface area contributed by atoms with E-state index in [1.54, 1.807) is 12.1 Å². The molecule has 25 heavy (non-hydrogen) atoms. The summed E-state index contributed by atoms with van der Waals surface area (Å²) in [6.45, 7) is 5.82. The minimum Gasteiger partial charge on any atom is -0.480 e. The molecular formula is C18H23N3O4. The molecule has 2 aromatic rings. The van der Waals surface area contributed by atoms with Crippen LogP contribution in [0.1, 0.15) is 32.3 Å². The van der Waals surface area contributed by atoms with E-state index < -0.39 is 17.9 Å². The van der Waals surface area contributed by atoms with Gasteiger partial charge in [0.05, 0.1) is 17.2 Å². The summed E-state index contributed by atoms with van der Waals surface area (Å²) in [4.78, 5) is 40.0. The minimum absolute atomic E-state index is 0.0147. The van der Waals surface area contributed by atoms with Crippen molar-refractivity contribution in [1.82, 2.24) is 14.9 Å². The molecule has 134 valence electrons. The van der Waals surface area contributed by atoms with Crippen molar-refractivity contribution in [1.29, 1.82) is 0 Å². The van der Waals surface area contributed by atoms with Crippen LogP contribution < -0.4 is 10.9 Å². The van der Waals surface area contributed by atoms with Crippen LogP contribution in [-0.2, 0) is 16.1 Å². The fraction of sp³-hybridized carbons (Fsp3) is 0.444. The molecule has 7 nitrogen and oxygen atoms in total. The lowest BCUT2D eigenvalue weighted by Gasteiger charge is -2.16. The second-order valence-electron chi connectivity index (χ2n) is 6.55. The van der Waals surface area contributed by atoms with Crippen molar-refractivity contribution in [2.24, 2.45) is 5.92 Å². The molecular weight excluding hydrogens is 322 g/mol. The molecule has 0 radical (unpaired) electrons. The highest BCUT2D eigenvalue weighted by Crippen LogP contribution is 2.11. The van der Waals surface area contributed by atoms with Crippen LogP contribution in [0.2, 0.25) is 0 Å². The third-order valence-corrected chi connectivity index (χ3v) is 3.98. The molecule has 2 N–H and O–H groups in total. The highest BCUT2D eigenvalue weighted by Gasteiger charge is 2.21. The monoisotopic (exact) mass is 345 g/mol. The average Bonchev–Trinajstić information content (AvgIpc) is 2.54. The van der Waals surface area contributed by atoms with Crippen molar-refractivity contribution in [3.8, 4) is 0 Å². The maximum atomic E-state index is 12.5. The number of carbonyl (C=O) groups excluding carboxylic acids is 1. The van der Waals surface area contributed by atoms with Gasteiger partial charge in [0, 0.05) is 13.0 Å². The number of aromatic nitrogens is 2. The first kappa shape index (κ1) is 18.6. The van der Waals surface area contributed by atoms with Crippen LogP contribution in [0.15, 0.2) is 29.3 Å². The van der Waals surface area contributed by atoms with Gasteiger partial charge in [-0.05, 0) is 30.9 Å². The number of para-hydroxylation sites is 1. The summed E-state index contributed by atoms with van der Waals surface area (Å²) < 4.78 is 1.37. The zero-order valence-electron chi connectivity index (χ0n) is 14.7. The first-order valence-electron chi connectivity index (χ1n) is 8.26. The number of hydrogen-bond acceptors (Lipinski definition) is 4. The summed E-state index contributed by atoms with van der Waals surface area (Å²) in [6.07, 6.45) is 1.80. The molecule has 0 bridgehead atoms. The molecule has 1 atom stereocenters. The first-order valence-corrected chi connectivity index (χ1v) is 8.26. The Hall–Kier alpha value is -2.70. The molecule has 0 fully saturated rings. The lowest BCUT2D eigenvalue weighted by Crippen LogP contribution is -2.42. The third kappa shape index (κ3) is 4.65. The van der Waals surface area contributed by atoms with Crippen LogP contribution in [0.4, 0.5) is 0 Å². The van der Waals surface area contributed by atoms with Crippen molar-refractivity contribution >= 4 is 22.8 Å². The van der Waals surface area contributed by atoms with Gasteiger partial charge in [0.15, 0.2) is 0 Å². The van der Waals surface area contributed by atoms with E-state index in [0.717, 1.165) is 5.56 Å². The van der Waals surface area contributed by atoms with Crippen LogP contribution in [0, 0.1) is 12.8 Å². The first-order chi connectivity index (χ1) is 11.8. The van der Waals surface area contributed by atoms with Crippen LogP contribution >= 0.6 is 0 Å². The summed E-state index contributed by atoms with van der Waals surface area (Å²) >= 11 is 0. The van der Waals surface area contributed by atoms with Crippen LogP contribution in [0.3, 0.4) is 0 Å². The molecule has 1 aromatic carbocycles. The second kappa shape index (κ2) is 7.92. The zero-order valence-corrected chi connectivity index (χ0v) is 14.7. The van der Waals surface area contributed by atoms with Gasteiger partial charge >= 0.3 is 5.97 Å². The van der Waals surface area contributed by atoms with E-state index in [2.05, 4.69) is 10.3 Å². The summed E-state index contributed by atoms with van der Waals surface area (Å²) in [5.74, 6) is -1.30. The molecule has 0 saturated heterocycles. The molecule has 0 saturated carbocycles. The average molecular weight is 345 g/mol. The molecule has 0 spiro atoms. The molecule has 1 aromatic heterocycles. The molecule has 2 rings (SSSR count). The van der Waals surface area contributed by atoms with E-state index >= 15 is 0 Å². The fourth-order valence-corrected chi connectivity index (χ4v) is 2.68. The molecule has 7 heteroatoms. The third-order valence-electron chi connectivity index (χ3n) is 3.98. The van der Waals surface area contributed by atoms with Crippen molar-refractivity contribution in [3.63, 3.8) is 0 Å². The van der Waals surface area contributed by atoms with E-state index in [9.17, 15) is 14.4 Å². The van der Waals surface area contributed by atoms with Gasteiger partial charge in [0.1, 0.15) is 6.04 Å². The Morgan fingerprint density at radius 3 is 2.68 bits per heavy atom. The number of benzene rings is 1. The predicted octanol–water partition coefficient (Wildman–Crippen LogP) is 1.71. The normalized spacial score (nSPS) is 12.3. The number of hydrogen-bond donors (Lipinski definition) is 2. The number of carboxylic acids is 1. The van der Waals surface area contributed by atoms with Crippen LogP contribution in [0.5, 0.6) is 0 Å². The topological polar surface area (TPSA) is 101 Å². The standard InChI is InChI=1S/C18H23N3O4/c1-11(2)9-14(18(24)25)20-15(22)7-8-21-10-19-16-12(3)5-4-6-13(16)17(21)23/h4-6,10-11,14H,7-9H2,1-3H3,(H,20,22)(H,24,25)/t14-/m1/s1. The van der Waals surface area contributed by atoms with Gasteiger partial charge in [-0.15, -0.1) is 0 Å². The summed E-state index contributed by atoms with van der Waals surface area (Å²) in [6, 6.07) is 4.47. The van der Waals surface area contributed by atoms with Gasteiger partial charge < -0.3 is 10.4 Å². The van der Waals surface area contributed by atoms with Gasteiger partial charge in [-0.1, -0.05) is 26.0 Å². The number of carbonyl (C=O) groups is 2. The quantitative estimate of drug-likeness (QED) is 0.795. The molecule has 0 aliphatic carbocycles. The number of carboxylic acid groups (broad SMARTS) is 1. The van der Waals surface area contributed by atoms with E-state index in [1.165, 1.54) is 10.9 Å². The Bertz CT molecular complexity index is 842. The Kier molecular flexibility index (Phi) is 5.90. The van der Waals surface area contributed by atoms with Crippen LogP contribution in [0.25, 0.3) is 10.9 Å². The van der Waals surface area contributed by atoms with Crippen molar-refractivity contribution in [2.45, 2.75) is 46.2 Å². The maximum absolute atomic E-state index is 12.5. The van der Waals surface area contributed by atoms with Gasteiger partial charge in [-0.25, -0.2) is 9.78 Å². The number of fused-ring (bicyclic) bond motifs is 1. The SMILES string of the molecule is Cc1cccc2c(=O)n(CCC(=O)N[C@H](CC(C)C)C(=O)O)cnc12. The highest BCUT2D eigenvalue weighted by atomic mass is 16.4. The summed E-state index contributed by atoms with van der Waals surface area (Å²) in [7, 11) is 0. The lowest BCUT2D eigenvalue weighted by molar-refractivity contribution is -0.142. The number of nitrogens with one attached hydrogen (secondary N) is 1. The highest BCUT2D eigenvalue weighted by molar-refractivity contribution is 5.83. The largest absolute Gasteiger partial charge is 0.480 e. The van der Waals surface area contributed by atoms with E-state index in [-0.39, 0.29) is 24.4 Å². The van der Waals surface area contributed by atoms with E-state index in [4.69, 9.17) is 5.11 Å². The zero-order chi connectivity index (χ0) is 18.6. The number of rotatable bonds is 7. The van der Waals surface area contributed by atoms with Gasteiger partial charge in [0.2, 0.25) is 5.91 Å². The lowest BCUT2D eigenvalue weighted by atomic mass is 10.0.